The van der Waals surface area contributed by atoms with Gasteiger partial charge in [-0.15, -0.1) is 0 Å². The summed E-state index contributed by atoms with van der Waals surface area (Å²) in [6.07, 6.45) is -8.37. The number of rotatable bonds is 12. The normalized spacial score (nSPS) is 11.9. The average molecular weight is 734 g/mol. The largest absolute Gasteiger partial charge is 0.416 e. The van der Waals surface area contributed by atoms with Crippen LogP contribution in [0, 0.1) is 13.8 Å². The van der Waals surface area contributed by atoms with Gasteiger partial charge in [0.05, 0.1) is 22.5 Å². The van der Waals surface area contributed by atoms with E-state index in [2.05, 4.69) is 10.6 Å². The number of pyridine rings is 2. The number of alkyl halides is 6. The smallest absolute Gasteiger partial charge is 0.397 e. The minimum Gasteiger partial charge on any atom is -0.397 e. The number of hydrogen-bond acceptors (Lipinski definition) is 7. The molecule has 0 aliphatic carbocycles. The van der Waals surface area contributed by atoms with Gasteiger partial charge in [0, 0.05) is 35.9 Å². The van der Waals surface area contributed by atoms with Crippen LogP contribution in [0.4, 0.5) is 37.7 Å². The summed E-state index contributed by atoms with van der Waals surface area (Å²) in [7, 11) is 1.80. The molecule has 4 rings (SSSR count). The molecule has 2 amide bonds. The Morgan fingerprint density at radius 2 is 1.04 bits per heavy atom. The van der Waals surface area contributed by atoms with Gasteiger partial charge in [0.2, 0.25) is 0 Å². The average Bonchev–Trinajstić information content (AvgIpc) is 3.08. The molecule has 0 aliphatic heterocycles. The number of carbonyl (C=O) groups is 2. The predicted molar refractivity (Wildman–Crippen MR) is 184 cm³/mol. The van der Waals surface area contributed by atoms with Gasteiger partial charge in [-0.25, -0.2) is 0 Å². The van der Waals surface area contributed by atoms with Crippen molar-refractivity contribution in [2.75, 3.05) is 44.7 Å². The Balaban J connectivity index is 1.29. The molecule has 0 bridgehead atoms. The summed E-state index contributed by atoms with van der Waals surface area (Å²) in [5.74, 6) is -1.49. The van der Waals surface area contributed by atoms with E-state index >= 15 is 0 Å². The maximum atomic E-state index is 13.3. The topological polar surface area (TPSA) is 157 Å². The summed E-state index contributed by atoms with van der Waals surface area (Å²) in [5.41, 5.74) is 8.03. The summed E-state index contributed by atoms with van der Waals surface area (Å²) in [6.45, 7) is 4.22. The highest BCUT2D eigenvalue weighted by molar-refractivity contribution is 5.95. The fraction of sp³-hybridized carbons (Fsp3) is 0.314. The Morgan fingerprint density at radius 3 is 1.38 bits per heavy atom. The zero-order chi connectivity index (χ0) is 38.5. The summed E-state index contributed by atoms with van der Waals surface area (Å²) in [4.78, 5) is 54.1. The molecule has 2 aromatic carbocycles. The molecule has 4 aromatic rings. The molecule has 52 heavy (non-hydrogen) atoms. The fourth-order valence-corrected chi connectivity index (χ4v) is 5.44. The molecule has 0 fully saturated rings. The fourth-order valence-electron chi connectivity index (χ4n) is 5.44. The van der Waals surface area contributed by atoms with Crippen molar-refractivity contribution >= 4 is 23.2 Å². The van der Waals surface area contributed by atoms with Crippen LogP contribution in [0.3, 0.4) is 0 Å². The number of nitrogens with one attached hydrogen (secondary N) is 2. The molecule has 0 radical (unpaired) electrons. The number of nitrogen functional groups attached to an aromatic ring is 2. The monoisotopic (exact) mass is 733 g/mol. The lowest BCUT2D eigenvalue weighted by atomic mass is 10.1. The molecule has 278 valence electrons. The molecule has 0 unspecified atom stereocenters. The van der Waals surface area contributed by atoms with E-state index in [9.17, 15) is 45.5 Å². The first-order valence-electron chi connectivity index (χ1n) is 16.0. The van der Waals surface area contributed by atoms with Crippen molar-refractivity contribution in [3.05, 3.63) is 115 Å². The van der Waals surface area contributed by atoms with Crippen molar-refractivity contribution in [2.45, 2.75) is 39.0 Å². The van der Waals surface area contributed by atoms with Gasteiger partial charge in [-0.3, -0.25) is 28.3 Å². The Bertz CT molecular complexity index is 1940. The molecule has 0 saturated heterocycles. The van der Waals surface area contributed by atoms with Gasteiger partial charge in [-0.2, -0.15) is 26.3 Å². The van der Waals surface area contributed by atoms with Gasteiger partial charge in [-0.05, 0) is 95.4 Å². The van der Waals surface area contributed by atoms with Crippen molar-refractivity contribution in [2.24, 2.45) is 0 Å². The number of hydrogen-bond donors (Lipinski definition) is 4. The number of halogens is 6. The van der Waals surface area contributed by atoms with E-state index in [1.54, 1.807) is 7.05 Å². The second kappa shape index (κ2) is 15.8. The third kappa shape index (κ3) is 9.01. The van der Waals surface area contributed by atoms with Gasteiger partial charge >= 0.3 is 12.4 Å². The number of anilines is 2. The quantitative estimate of drug-likeness (QED) is 0.122. The van der Waals surface area contributed by atoms with Crippen LogP contribution < -0.4 is 33.2 Å². The first kappa shape index (κ1) is 39.2. The molecule has 2 heterocycles. The number of nitrogens with two attached hydrogens (primary N) is 2. The third-order valence-corrected chi connectivity index (χ3v) is 8.33. The van der Waals surface area contributed by atoms with Crippen molar-refractivity contribution in [3.8, 4) is 11.4 Å². The molecule has 0 atom stereocenters. The van der Waals surface area contributed by atoms with Crippen LogP contribution in [-0.4, -0.2) is 59.1 Å². The molecular weight excluding hydrogens is 696 g/mol. The van der Waals surface area contributed by atoms with Crippen LogP contribution in [0.15, 0.2) is 70.3 Å². The first-order chi connectivity index (χ1) is 24.3. The van der Waals surface area contributed by atoms with E-state index in [-0.39, 0.29) is 58.4 Å². The van der Waals surface area contributed by atoms with Crippen molar-refractivity contribution < 1.29 is 35.9 Å². The third-order valence-electron chi connectivity index (χ3n) is 8.33. The second-order valence-electron chi connectivity index (χ2n) is 12.1. The zero-order valence-corrected chi connectivity index (χ0v) is 28.4. The Hall–Kier alpha value is -5.58. The minimum atomic E-state index is -4.64. The van der Waals surface area contributed by atoms with Gasteiger partial charge < -0.3 is 27.0 Å². The van der Waals surface area contributed by atoms with Crippen LogP contribution in [0.25, 0.3) is 11.4 Å². The van der Waals surface area contributed by atoms with Crippen LogP contribution in [0.5, 0.6) is 0 Å². The van der Waals surface area contributed by atoms with Crippen LogP contribution in [-0.2, 0) is 12.4 Å². The number of amides is 2. The number of carbonyl (C=O) groups excluding carboxylic acids is 2. The Kier molecular flexibility index (Phi) is 11.9. The van der Waals surface area contributed by atoms with Crippen LogP contribution in [0.1, 0.15) is 56.1 Å². The summed E-state index contributed by atoms with van der Waals surface area (Å²) in [6, 6.07) is 10.6. The summed E-state index contributed by atoms with van der Waals surface area (Å²) >= 11 is 0. The number of aromatic nitrogens is 2. The highest BCUT2D eigenvalue weighted by Gasteiger charge is 2.32. The molecule has 0 saturated carbocycles. The standard InChI is InChI=1S/C35H37F6N7O4/c1-20-28(42)18-26(32(51)47(20)24-10-4-8-22(16-24)34(36,37)38)30(49)44-12-6-14-46(3)15-7-13-45-31(50)27-19-29(43)21(2)48(33(27)52)25-11-5-9-23(17-25)35(39,40)41/h4-5,8-11,16-19H,6-7,12-15,42-43H2,1-3H3,(H,44,49)(H,45,50). The van der Waals surface area contributed by atoms with Crippen molar-refractivity contribution in [3.63, 3.8) is 0 Å². The molecule has 2 aromatic heterocycles. The molecule has 0 aliphatic rings. The lowest BCUT2D eigenvalue weighted by Crippen LogP contribution is -2.36. The molecule has 17 heteroatoms. The van der Waals surface area contributed by atoms with Gasteiger partial charge in [-0.1, -0.05) is 12.1 Å². The van der Waals surface area contributed by atoms with Gasteiger partial charge in [0.25, 0.3) is 22.9 Å². The van der Waals surface area contributed by atoms with E-state index in [0.717, 1.165) is 45.5 Å². The van der Waals surface area contributed by atoms with E-state index in [0.29, 0.717) is 25.9 Å². The number of benzene rings is 2. The molecule has 6 N–H and O–H groups in total. The molecular formula is C35H37F6N7O4. The molecule has 0 spiro atoms. The predicted octanol–water partition coefficient (Wildman–Crippen LogP) is 4.68. The van der Waals surface area contributed by atoms with Gasteiger partial charge in [0.15, 0.2) is 0 Å². The van der Waals surface area contributed by atoms with E-state index in [4.69, 9.17) is 11.5 Å². The van der Waals surface area contributed by atoms with Gasteiger partial charge in [0.1, 0.15) is 11.1 Å². The SMILES string of the molecule is Cc1c(N)cc(C(=O)NCCCN(C)CCCNC(=O)c2cc(N)c(C)n(-c3cccc(C(F)(F)F)c3)c2=O)c(=O)n1-c1cccc(C(F)(F)F)c1. The zero-order valence-electron chi connectivity index (χ0n) is 28.4. The number of nitrogens with zero attached hydrogens (tertiary/aromatic N) is 3. The van der Waals surface area contributed by atoms with E-state index in [1.807, 2.05) is 4.90 Å². The Morgan fingerprint density at radius 1 is 0.673 bits per heavy atom. The first-order valence-corrected chi connectivity index (χ1v) is 16.0. The van der Waals surface area contributed by atoms with Crippen molar-refractivity contribution in [1.29, 1.82) is 0 Å². The second-order valence-corrected chi connectivity index (χ2v) is 12.1. The van der Waals surface area contributed by atoms with E-state index < -0.39 is 46.4 Å². The summed E-state index contributed by atoms with van der Waals surface area (Å²) in [5, 5.41) is 5.26. The van der Waals surface area contributed by atoms with Crippen molar-refractivity contribution in [1.82, 2.24) is 24.7 Å². The minimum absolute atomic E-state index is 0.0428. The lowest BCUT2D eigenvalue weighted by Gasteiger charge is -2.18. The highest BCUT2D eigenvalue weighted by Crippen LogP contribution is 2.32. The maximum absolute atomic E-state index is 13.3. The Labute approximate surface area is 293 Å². The van der Waals surface area contributed by atoms with Crippen LogP contribution >= 0.6 is 0 Å². The van der Waals surface area contributed by atoms with Crippen LogP contribution in [0.2, 0.25) is 0 Å². The maximum Gasteiger partial charge on any atom is 0.416 e. The lowest BCUT2D eigenvalue weighted by molar-refractivity contribution is -0.138. The highest BCUT2D eigenvalue weighted by atomic mass is 19.4. The molecule has 11 nitrogen and oxygen atoms in total. The van der Waals surface area contributed by atoms with E-state index in [1.165, 1.54) is 38.1 Å². The summed E-state index contributed by atoms with van der Waals surface area (Å²) < 4.78 is 81.6.